The van der Waals surface area contributed by atoms with Crippen LogP contribution in [0.5, 0.6) is 0 Å². The van der Waals surface area contributed by atoms with Gasteiger partial charge in [0, 0.05) is 19.1 Å². The van der Waals surface area contributed by atoms with Gasteiger partial charge in [0.2, 0.25) is 5.91 Å². The molecule has 0 heterocycles. The minimum Gasteiger partial charge on any atom is -0.481 e. The van der Waals surface area contributed by atoms with Crippen molar-refractivity contribution in [3.63, 3.8) is 0 Å². The Hall–Kier alpha value is -1.24. The van der Waals surface area contributed by atoms with Crippen LogP contribution in [0.15, 0.2) is 0 Å². The van der Waals surface area contributed by atoms with Crippen LogP contribution < -0.4 is 5.32 Å². The van der Waals surface area contributed by atoms with Gasteiger partial charge in [-0.3, -0.25) is 9.59 Å². The maximum Gasteiger partial charge on any atom is 0.329 e. The summed E-state index contributed by atoms with van der Waals surface area (Å²) in [5.41, 5.74) is 0. The number of hydrogen-bond acceptors (Lipinski definition) is 5. The molecule has 0 aliphatic rings. The van der Waals surface area contributed by atoms with Gasteiger partial charge in [-0.15, -0.1) is 0 Å². The quantitative estimate of drug-likeness (QED) is 0.628. The first kappa shape index (κ1) is 16.8. The van der Waals surface area contributed by atoms with E-state index in [4.69, 9.17) is 5.11 Å². The predicted octanol–water partition coefficient (Wildman–Crippen LogP) is 0.508. The third-order valence-electron chi connectivity index (χ3n) is 2.07. The van der Waals surface area contributed by atoms with Crippen LogP contribution >= 0.6 is 11.8 Å². The number of carbonyl (C=O) groups is 3. The van der Waals surface area contributed by atoms with Crippen LogP contribution in [0.3, 0.4) is 0 Å². The number of ether oxygens (including phenoxy) is 1. The first-order valence-electron chi connectivity index (χ1n) is 5.51. The third kappa shape index (κ3) is 7.94. The molecule has 0 spiro atoms. The number of carboxylic acid groups (broad SMARTS) is 1. The second kappa shape index (κ2) is 8.79. The zero-order chi connectivity index (χ0) is 14.1. The Morgan fingerprint density at radius 2 is 1.94 bits per heavy atom. The molecule has 0 rings (SSSR count). The van der Waals surface area contributed by atoms with Crippen LogP contribution in [0.2, 0.25) is 0 Å². The highest BCUT2D eigenvalue weighted by Crippen LogP contribution is 2.13. The molecule has 2 N–H and O–H groups in total. The van der Waals surface area contributed by atoms with Crippen molar-refractivity contribution in [2.45, 2.75) is 26.3 Å². The lowest BCUT2D eigenvalue weighted by molar-refractivity contribution is -0.144. The molecule has 0 saturated heterocycles. The summed E-state index contributed by atoms with van der Waals surface area (Å²) in [6.45, 7) is 3.15. The van der Waals surface area contributed by atoms with Gasteiger partial charge < -0.3 is 15.2 Å². The summed E-state index contributed by atoms with van der Waals surface area (Å²) in [4.78, 5) is 32.7. The van der Waals surface area contributed by atoms with Gasteiger partial charge in [0.25, 0.3) is 0 Å². The van der Waals surface area contributed by atoms with E-state index in [0.717, 1.165) is 0 Å². The molecule has 104 valence electrons. The Bertz CT molecular complexity index is 308. The van der Waals surface area contributed by atoms with E-state index < -0.39 is 18.0 Å². The van der Waals surface area contributed by atoms with Crippen LogP contribution in [0, 0.1) is 5.92 Å². The van der Waals surface area contributed by atoms with Crippen LogP contribution in [0.25, 0.3) is 0 Å². The van der Waals surface area contributed by atoms with Crippen molar-refractivity contribution >= 4 is 29.6 Å². The van der Waals surface area contributed by atoms with Gasteiger partial charge in [0.1, 0.15) is 6.04 Å². The lowest BCUT2D eigenvalue weighted by atomic mass is 10.1. The molecular formula is C11H19NO5S. The average molecular weight is 277 g/mol. The molecule has 6 nitrogen and oxygen atoms in total. The van der Waals surface area contributed by atoms with Crippen LogP contribution in [0.4, 0.5) is 0 Å². The maximum atomic E-state index is 11.4. The standard InChI is InChI=1S/C11H19NO5S/c1-7(4-10(14)15)5-18-6-9(11(16)17-3)12-8(2)13/h7,9H,4-6H2,1-3H3,(H,12,13)(H,14,15)/t7?,9-/m0/s1. The van der Waals surface area contributed by atoms with Crippen LogP contribution in [-0.2, 0) is 19.1 Å². The van der Waals surface area contributed by atoms with Gasteiger partial charge in [-0.1, -0.05) is 6.92 Å². The molecule has 0 aromatic heterocycles. The minimum absolute atomic E-state index is 0.0168. The van der Waals surface area contributed by atoms with E-state index in [1.54, 1.807) is 0 Å². The number of aliphatic carboxylic acids is 1. The predicted molar refractivity (Wildman–Crippen MR) is 68.4 cm³/mol. The molecule has 18 heavy (non-hydrogen) atoms. The second-order valence-corrected chi connectivity index (χ2v) is 5.09. The highest BCUT2D eigenvalue weighted by molar-refractivity contribution is 7.99. The van der Waals surface area contributed by atoms with Crippen molar-refractivity contribution in [1.29, 1.82) is 0 Å². The Morgan fingerprint density at radius 1 is 1.33 bits per heavy atom. The molecule has 2 atom stereocenters. The lowest BCUT2D eigenvalue weighted by Gasteiger charge is -2.16. The highest BCUT2D eigenvalue weighted by atomic mass is 32.2. The van der Waals surface area contributed by atoms with Gasteiger partial charge in [-0.2, -0.15) is 11.8 Å². The maximum absolute atomic E-state index is 11.4. The van der Waals surface area contributed by atoms with Crippen molar-refractivity contribution in [3.05, 3.63) is 0 Å². The monoisotopic (exact) mass is 277 g/mol. The molecule has 1 amide bonds. The summed E-state index contributed by atoms with van der Waals surface area (Å²) in [6.07, 6.45) is 0.0933. The van der Waals surface area contributed by atoms with Gasteiger partial charge in [0.05, 0.1) is 7.11 Å². The van der Waals surface area contributed by atoms with E-state index in [1.165, 1.54) is 25.8 Å². The van der Waals surface area contributed by atoms with Gasteiger partial charge >= 0.3 is 11.9 Å². The topological polar surface area (TPSA) is 92.7 Å². The van der Waals surface area contributed by atoms with Gasteiger partial charge in [-0.05, 0) is 11.7 Å². The minimum atomic E-state index is -0.838. The molecule has 0 aliphatic carbocycles. The average Bonchev–Trinajstić information content (AvgIpc) is 2.25. The lowest BCUT2D eigenvalue weighted by Crippen LogP contribution is -2.42. The largest absolute Gasteiger partial charge is 0.481 e. The Balaban J connectivity index is 4.07. The number of amides is 1. The zero-order valence-electron chi connectivity index (χ0n) is 10.8. The van der Waals surface area contributed by atoms with E-state index in [9.17, 15) is 14.4 Å². The molecule has 0 fully saturated rings. The van der Waals surface area contributed by atoms with Crippen molar-refractivity contribution in [1.82, 2.24) is 5.32 Å². The van der Waals surface area contributed by atoms with E-state index in [0.29, 0.717) is 11.5 Å². The van der Waals surface area contributed by atoms with Gasteiger partial charge in [-0.25, -0.2) is 4.79 Å². The first-order valence-corrected chi connectivity index (χ1v) is 6.66. The summed E-state index contributed by atoms with van der Waals surface area (Å²) in [7, 11) is 1.26. The van der Waals surface area contributed by atoms with E-state index >= 15 is 0 Å². The van der Waals surface area contributed by atoms with E-state index in [-0.39, 0.29) is 18.2 Å². The third-order valence-corrected chi connectivity index (χ3v) is 3.45. The number of rotatable bonds is 8. The van der Waals surface area contributed by atoms with Crippen molar-refractivity contribution in [2.24, 2.45) is 5.92 Å². The number of carboxylic acids is 1. The number of carbonyl (C=O) groups excluding carboxylic acids is 2. The molecule has 0 aliphatic heterocycles. The van der Waals surface area contributed by atoms with Crippen LogP contribution in [0.1, 0.15) is 20.3 Å². The summed E-state index contributed by atoms with van der Waals surface area (Å²) in [6, 6.07) is -0.686. The normalized spacial score (nSPS) is 13.5. The molecule has 0 saturated carbocycles. The first-order chi connectivity index (χ1) is 8.36. The number of nitrogens with one attached hydrogen (secondary N) is 1. The fourth-order valence-corrected chi connectivity index (χ4v) is 2.41. The molecule has 7 heteroatoms. The number of esters is 1. The zero-order valence-corrected chi connectivity index (χ0v) is 11.6. The fraction of sp³-hybridized carbons (Fsp3) is 0.727. The molecule has 0 bridgehead atoms. The smallest absolute Gasteiger partial charge is 0.329 e. The van der Waals surface area contributed by atoms with Crippen LogP contribution in [-0.4, -0.2) is 47.6 Å². The van der Waals surface area contributed by atoms with Crippen molar-refractivity contribution in [3.8, 4) is 0 Å². The fourth-order valence-electron chi connectivity index (χ4n) is 1.30. The highest BCUT2D eigenvalue weighted by Gasteiger charge is 2.20. The van der Waals surface area contributed by atoms with E-state index in [2.05, 4.69) is 10.1 Å². The summed E-state index contributed by atoms with van der Waals surface area (Å²) >= 11 is 1.42. The van der Waals surface area contributed by atoms with Crippen molar-refractivity contribution < 1.29 is 24.2 Å². The molecular weight excluding hydrogens is 258 g/mol. The Kier molecular flexibility index (Phi) is 8.19. The summed E-state index contributed by atoms with van der Waals surface area (Å²) < 4.78 is 4.57. The molecule has 0 aromatic carbocycles. The van der Waals surface area contributed by atoms with E-state index in [1.807, 2.05) is 6.92 Å². The second-order valence-electron chi connectivity index (χ2n) is 4.02. The molecule has 1 unspecified atom stereocenters. The molecule has 0 aromatic rings. The SMILES string of the molecule is COC(=O)[C@H](CSCC(C)CC(=O)O)NC(C)=O. The van der Waals surface area contributed by atoms with Crippen molar-refractivity contribution in [2.75, 3.05) is 18.6 Å². The summed E-state index contributed by atoms with van der Waals surface area (Å²) in [5, 5.41) is 11.1. The number of hydrogen-bond donors (Lipinski definition) is 2. The number of thioether (sulfide) groups is 1. The Morgan fingerprint density at radius 3 is 2.39 bits per heavy atom. The Labute approximate surface area is 110 Å². The van der Waals surface area contributed by atoms with Gasteiger partial charge in [0.15, 0.2) is 0 Å². The summed E-state index contributed by atoms with van der Waals surface area (Å²) in [5.74, 6) is -0.638. The molecule has 0 radical (unpaired) electrons. The number of methoxy groups -OCH3 is 1.